The van der Waals surface area contributed by atoms with Crippen molar-refractivity contribution in [3.8, 4) is 0 Å². The molecule has 5 nitrogen and oxygen atoms in total. The zero-order valence-corrected chi connectivity index (χ0v) is 17.4. The molecule has 0 radical (unpaired) electrons. The summed E-state index contributed by atoms with van der Waals surface area (Å²) in [5.74, 6) is -0.115. The highest BCUT2D eigenvalue weighted by molar-refractivity contribution is 5.87. The number of carbonyl (C=O) groups is 2. The summed E-state index contributed by atoms with van der Waals surface area (Å²) < 4.78 is 0. The Morgan fingerprint density at radius 1 is 1.21 bits per heavy atom. The van der Waals surface area contributed by atoms with Crippen LogP contribution in [0.4, 0.5) is 0 Å². The second kappa shape index (κ2) is 9.08. The van der Waals surface area contributed by atoms with Gasteiger partial charge in [0.1, 0.15) is 0 Å². The summed E-state index contributed by atoms with van der Waals surface area (Å²) in [7, 11) is 0. The van der Waals surface area contributed by atoms with E-state index < -0.39 is 5.97 Å². The SMILES string of the molecule is CCC(C)NC(=O)C1CC(C)N(Cc2ccc(C(=O)O)cc2)C2CCCCC12. The van der Waals surface area contributed by atoms with Crippen molar-refractivity contribution >= 4 is 11.9 Å². The van der Waals surface area contributed by atoms with E-state index in [9.17, 15) is 9.59 Å². The fourth-order valence-electron chi connectivity index (χ4n) is 5.02. The van der Waals surface area contributed by atoms with Crippen LogP contribution in [0.25, 0.3) is 0 Å². The maximum atomic E-state index is 12.9. The average Bonchev–Trinajstić information content (AvgIpc) is 2.70. The summed E-state index contributed by atoms with van der Waals surface area (Å²) in [5.41, 5.74) is 1.47. The zero-order valence-electron chi connectivity index (χ0n) is 17.4. The number of piperidine rings is 1. The van der Waals surface area contributed by atoms with Gasteiger partial charge in [0.05, 0.1) is 5.56 Å². The largest absolute Gasteiger partial charge is 0.478 e. The number of amides is 1. The molecule has 28 heavy (non-hydrogen) atoms. The molecule has 1 aliphatic heterocycles. The maximum absolute atomic E-state index is 12.9. The van der Waals surface area contributed by atoms with Crippen LogP contribution < -0.4 is 5.32 Å². The van der Waals surface area contributed by atoms with Gasteiger partial charge in [0.2, 0.25) is 5.91 Å². The van der Waals surface area contributed by atoms with Crippen molar-refractivity contribution in [1.82, 2.24) is 10.2 Å². The average molecular weight is 387 g/mol. The Balaban J connectivity index is 1.75. The monoisotopic (exact) mass is 386 g/mol. The molecule has 5 unspecified atom stereocenters. The van der Waals surface area contributed by atoms with Crippen molar-refractivity contribution < 1.29 is 14.7 Å². The molecule has 1 saturated heterocycles. The number of carboxylic acid groups (broad SMARTS) is 1. The number of fused-ring (bicyclic) bond motifs is 1. The molecule has 0 bridgehead atoms. The minimum absolute atomic E-state index is 0.111. The lowest BCUT2D eigenvalue weighted by Gasteiger charge is -2.51. The normalized spacial score (nSPS) is 29.0. The number of carboxylic acids is 1. The molecule has 2 aliphatic rings. The van der Waals surface area contributed by atoms with Crippen molar-refractivity contribution in [2.24, 2.45) is 11.8 Å². The van der Waals surface area contributed by atoms with Crippen molar-refractivity contribution in [3.63, 3.8) is 0 Å². The molecule has 5 heteroatoms. The number of rotatable bonds is 6. The molecule has 154 valence electrons. The van der Waals surface area contributed by atoms with Crippen LogP contribution in [0.1, 0.15) is 75.2 Å². The molecule has 3 rings (SSSR count). The molecule has 2 fully saturated rings. The van der Waals surface area contributed by atoms with Crippen LogP contribution in [0.2, 0.25) is 0 Å². The van der Waals surface area contributed by atoms with Gasteiger partial charge in [-0.25, -0.2) is 4.79 Å². The van der Waals surface area contributed by atoms with Crippen LogP contribution >= 0.6 is 0 Å². The van der Waals surface area contributed by atoms with E-state index in [0.717, 1.165) is 37.8 Å². The highest BCUT2D eigenvalue weighted by Gasteiger charge is 2.45. The molecule has 1 aromatic carbocycles. The van der Waals surface area contributed by atoms with E-state index in [0.29, 0.717) is 23.6 Å². The Labute approximate surface area is 168 Å². The van der Waals surface area contributed by atoms with Crippen LogP contribution in [-0.4, -0.2) is 40.0 Å². The third-order valence-electron chi connectivity index (χ3n) is 6.79. The number of carbonyl (C=O) groups excluding carboxylic acids is 1. The lowest BCUT2D eigenvalue weighted by Crippen LogP contribution is -2.57. The van der Waals surface area contributed by atoms with Gasteiger partial charge in [0.15, 0.2) is 0 Å². The molecule has 5 atom stereocenters. The number of aromatic carboxylic acids is 1. The Morgan fingerprint density at radius 3 is 2.54 bits per heavy atom. The number of hydrogen-bond donors (Lipinski definition) is 2. The predicted octanol–water partition coefficient (Wildman–Crippen LogP) is 4.07. The smallest absolute Gasteiger partial charge is 0.335 e. The molecular formula is C23H34N2O3. The van der Waals surface area contributed by atoms with Crippen LogP contribution in [0.15, 0.2) is 24.3 Å². The first-order valence-electron chi connectivity index (χ1n) is 10.8. The Hall–Kier alpha value is -1.88. The van der Waals surface area contributed by atoms with Crippen LogP contribution in [0, 0.1) is 11.8 Å². The first-order valence-corrected chi connectivity index (χ1v) is 10.8. The van der Waals surface area contributed by atoms with Gasteiger partial charge >= 0.3 is 5.97 Å². The third kappa shape index (κ3) is 4.57. The molecule has 0 aromatic heterocycles. The second-order valence-corrected chi connectivity index (χ2v) is 8.70. The number of benzene rings is 1. The van der Waals surface area contributed by atoms with Crippen LogP contribution in [0.5, 0.6) is 0 Å². The minimum atomic E-state index is -0.889. The highest BCUT2D eigenvalue weighted by atomic mass is 16.4. The molecule has 1 amide bonds. The third-order valence-corrected chi connectivity index (χ3v) is 6.79. The van der Waals surface area contributed by atoms with Gasteiger partial charge in [-0.05, 0) is 63.1 Å². The highest BCUT2D eigenvalue weighted by Crippen LogP contribution is 2.42. The lowest BCUT2D eigenvalue weighted by atomic mass is 9.69. The fourth-order valence-corrected chi connectivity index (χ4v) is 5.02. The van der Waals surface area contributed by atoms with Gasteiger partial charge in [-0.2, -0.15) is 0 Å². The standard InChI is InChI=1S/C23H34N2O3/c1-4-15(2)24-22(26)20-13-16(3)25(21-8-6-5-7-19(20)21)14-17-9-11-18(12-10-17)23(27)28/h9-12,15-16,19-21H,4-8,13-14H2,1-3H3,(H,24,26)(H,27,28). The van der Waals surface area contributed by atoms with E-state index in [1.165, 1.54) is 12.8 Å². The Kier molecular flexibility index (Phi) is 6.76. The van der Waals surface area contributed by atoms with E-state index in [1.807, 2.05) is 12.1 Å². The van der Waals surface area contributed by atoms with Crippen molar-refractivity contribution in [2.45, 2.75) is 84.0 Å². The lowest BCUT2D eigenvalue weighted by molar-refractivity contribution is -0.134. The summed E-state index contributed by atoms with van der Waals surface area (Å²) in [6.45, 7) is 7.24. The van der Waals surface area contributed by atoms with E-state index in [2.05, 4.69) is 31.0 Å². The maximum Gasteiger partial charge on any atom is 0.335 e. The first-order chi connectivity index (χ1) is 13.4. The van der Waals surface area contributed by atoms with Crippen LogP contribution in [-0.2, 0) is 11.3 Å². The van der Waals surface area contributed by atoms with Crippen molar-refractivity contribution in [2.75, 3.05) is 0 Å². The molecular weight excluding hydrogens is 352 g/mol. The molecule has 1 aliphatic carbocycles. The summed E-state index contributed by atoms with van der Waals surface area (Å²) in [5, 5.41) is 12.3. The Morgan fingerprint density at radius 2 is 1.89 bits per heavy atom. The number of nitrogens with zero attached hydrogens (tertiary/aromatic N) is 1. The summed E-state index contributed by atoms with van der Waals surface area (Å²) in [6, 6.07) is 8.23. The van der Waals surface area contributed by atoms with Crippen molar-refractivity contribution in [1.29, 1.82) is 0 Å². The van der Waals surface area contributed by atoms with Gasteiger partial charge in [0, 0.05) is 30.6 Å². The number of hydrogen-bond acceptors (Lipinski definition) is 3. The van der Waals surface area contributed by atoms with E-state index >= 15 is 0 Å². The topological polar surface area (TPSA) is 69.6 Å². The fraction of sp³-hybridized carbons (Fsp3) is 0.652. The molecule has 1 aromatic rings. The van der Waals surface area contributed by atoms with Gasteiger partial charge < -0.3 is 10.4 Å². The van der Waals surface area contributed by atoms with Gasteiger partial charge in [-0.1, -0.05) is 31.9 Å². The van der Waals surface area contributed by atoms with E-state index in [-0.39, 0.29) is 17.9 Å². The molecule has 1 heterocycles. The quantitative estimate of drug-likeness (QED) is 0.773. The van der Waals surface area contributed by atoms with E-state index in [4.69, 9.17) is 5.11 Å². The van der Waals surface area contributed by atoms with Gasteiger partial charge in [-0.15, -0.1) is 0 Å². The summed E-state index contributed by atoms with van der Waals surface area (Å²) in [6.07, 6.45) is 6.57. The second-order valence-electron chi connectivity index (χ2n) is 8.70. The van der Waals surface area contributed by atoms with Gasteiger partial charge in [0.25, 0.3) is 0 Å². The van der Waals surface area contributed by atoms with Gasteiger partial charge in [-0.3, -0.25) is 9.69 Å². The van der Waals surface area contributed by atoms with E-state index in [1.54, 1.807) is 12.1 Å². The summed E-state index contributed by atoms with van der Waals surface area (Å²) >= 11 is 0. The minimum Gasteiger partial charge on any atom is -0.478 e. The van der Waals surface area contributed by atoms with Crippen LogP contribution in [0.3, 0.4) is 0 Å². The Bertz CT molecular complexity index is 688. The molecule has 0 spiro atoms. The van der Waals surface area contributed by atoms with Crippen molar-refractivity contribution in [3.05, 3.63) is 35.4 Å². The summed E-state index contributed by atoms with van der Waals surface area (Å²) in [4.78, 5) is 26.6. The molecule has 2 N–H and O–H groups in total. The first kappa shape index (κ1) is 20.8. The predicted molar refractivity (Wildman–Crippen MR) is 110 cm³/mol. The number of nitrogens with one attached hydrogen (secondary N) is 1. The molecule has 1 saturated carbocycles. The number of likely N-dealkylation sites (tertiary alicyclic amines) is 1. The zero-order chi connectivity index (χ0) is 20.3.